The molecule has 0 bridgehead atoms. The quantitative estimate of drug-likeness (QED) is 0.775. The van der Waals surface area contributed by atoms with Crippen molar-refractivity contribution in [1.29, 1.82) is 0 Å². The zero-order chi connectivity index (χ0) is 11.5. The summed E-state index contributed by atoms with van der Waals surface area (Å²) in [5, 5.41) is 8.16. The third kappa shape index (κ3) is 8.97. The van der Waals surface area contributed by atoms with E-state index in [2.05, 4.69) is 23.8 Å². The zero-order valence-electron chi connectivity index (χ0n) is 9.27. The molecule has 0 amide bonds. The Kier molecular flexibility index (Phi) is 8.39. The summed E-state index contributed by atoms with van der Waals surface area (Å²) < 4.78 is 4.48. The Labute approximate surface area is 90.7 Å². The molecule has 0 heterocycles. The summed E-state index contributed by atoms with van der Waals surface area (Å²) in [6.45, 7) is 4.08. The smallest absolute Gasteiger partial charge is 0.308 e. The van der Waals surface area contributed by atoms with Gasteiger partial charge in [-0.25, -0.2) is 0 Å². The number of carbonyl (C=O) groups is 1. The maximum atomic E-state index is 10.3. The molecule has 0 fully saturated rings. The predicted octanol–water partition coefficient (Wildman–Crippen LogP) is 1.93. The van der Waals surface area contributed by atoms with E-state index in [4.69, 9.17) is 5.11 Å². The normalized spacial score (nSPS) is 8.73. The molecule has 84 valence electrons. The fourth-order valence-electron chi connectivity index (χ4n) is 0.859. The van der Waals surface area contributed by atoms with Crippen molar-refractivity contribution in [1.82, 2.24) is 0 Å². The number of rotatable bonds is 3. The molecule has 1 N–H and O–H groups in total. The average molecular weight is 210 g/mol. The summed E-state index contributed by atoms with van der Waals surface area (Å²) in [6.07, 6.45) is 0.105. The molecule has 3 nitrogen and oxygen atoms in total. The minimum atomic E-state index is -0.338. The highest BCUT2D eigenvalue weighted by Gasteiger charge is 1.96. The SMILES string of the molecule is CCOC(=O)CCO.Cc1ccccc1. The van der Waals surface area contributed by atoms with Crippen LogP contribution in [0.5, 0.6) is 0 Å². The number of aliphatic hydroxyl groups excluding tert-OH is 1. The van der Waals surface area contributed by atoms with Gasteiger partial charge in [0.15, 0.2) is 0 Å². The van der Waals surface area contributed by atoms with Crippen LogP contribution in [0.3, 0.4) is 0 Å². The van der Waals surface area contributed by atoms with Crippen LogP contribution in [-0.4, -0.2) is 24.3 Å². The second kappa shape index (κ2) is 9.21. The third-order valence-electron chi connectivity index (χ3n) is 1.56. The molecule has 0 aliphatic carbocycles. The van der Waals surface area contributed by atoms with Gasteiger partial charge in [-0.1, -0.05) is 35.9 Å². The van der Waals surface area contributed by atoms with Gasteiger partial charge in [-0.2, -0.15) is 0 Å². The number of ether oxygens (including phenoxy) is 1. The number of aryl methyl sites for hydroxylation is 1. The molecule has 0 unspecified atom stereocenters. The van der Waals surface area contributed by atoms with Gasteiger partial charge >= 0.3 is 5.97 Å². The Morgan fingerprint density at radius 2 is 1.93 bits per heavy atom. The summed E-state index contributed by atoms with van der Waals surface area (Å²) in [7, 11) is 0. The molecule has 0 spiro atoms. The fraction of sp³-hybridized carbons (Fsp3) is 0.417. The Balaban J connectivity index is 0.000000262. The van der Waals surface area contributed by atoms with Crippen molar-refractivity contribution < 1.29 is 14.6 Å². The molecule has 0 aromatic heterocycles. The minimum absolute atomic E-state index is 0.105. The lowest BCUT2D eigenvalue weighted by atomic mass is 10.2. The molecule has 0 saturated heterocycles. The first-order valence-corrected chi connectivity index (χ1v) is 4.98. The molecule has 0 aliphatic heterocycles. The maximum absolute atomic E-state index is 10.3. The second-order valence-corrected chi connectivity index (χ2v) is 2.93. The summed E-state index contributed by atoms with van der Waals surface area (Å²) >= 11 is 0. The molecule has 3 heteroatoms. The molecule has 0 aliphatic rings. The Hall–Kier alpha value is -1.35. The lowest BCUT2D eigenvalue weighted by Gasteiger charge is -1.96. The highest BCUT2D eigenvalue weighted by Crippen LogP contribution is 1.92. The Morgan fingerprint density at radius 1 is 1.33 bits per heavy atom. The van der Waals surface area contributed by atoms with Crippen LogP contribution in [0.25, 0.3) is 0 Å². The topological polar surface area (TPSA) is 46.5 Å². The van der Waals surface area contributed by atoms with E-state index in [1.165, 1.54) is 5.56 Å². The van der Waals surface area contributed by atoms with Crippen molar-refractivity contribution in [2.45, 2.75) is 20.3 Å². The fourth-order valence-corrected chi connectivity index (χ4v) is 0.859. The maximum Gasteiger partial charge on any atom is 0.308 e. The molecular formula is C12H18O3. The van der Waals surface area contributed by atoms with Crippen LogP contribution in [0.4, 0.5) is 0 Å². The monoisotopic (exact) mass is 210 g/mol. The largest absolute Gasteiger partial charge is 0.466 e. The van der Waals surface area contributed by atoms with E-state index < -0.39 is 0 Å². The molecule has 1 aromatic carbocycles. The molecule has 0 atom stereocenters. The molecule has 0 saturated carbocycles. The van der Waals surface area contributed by atoms with Gasteiger partial charge in [0.25, 0.3) is 0 Å². The van der Waals surface area contributed by atoms with Gasteiger partial charge in [0, 0.05) is 0 Å². The van der Waals surface area contributed by atoms with E-state index in [0.29, 0.717) is 6.61 Å². The van der Waals surface area contributed by atoms with Crippen LogP contribution >= 0.6 is 0 Å². The Bertz CT molecular complexity index is 249. The van der Waals surface area contributed by atoms with Crippen molar-refractivity contribution >= 4 is 5.97 Å². The van der Waals surface area contributed by atoms with Gasteiger partial charge in [-0.3, -0.25) is 4.79 Å². The lowest BCUT2D eigenvalue weighted by Crippen LogP contribution is -2.05. The molecular weight excluding hydrogens is 192 g/mol. The first kappa shape index (κ1) is 13.7. The van der Waals surface area contributed by atoms with Gasteiger partial charge in [0.2, 0.25) is 0 Å². The van der Waals surface area contributed by atoms with Gasteiger partial charge in [-0.15, -0.1) is 0 Å². The standard InChI is InChI=1S/C7H8.C5H10O3/c1-7-5-3-2-4-6-7;1-2-8-5(7)3-4-6/h2-6H,1H3;6H,2-4H2,1H3. The lowest BCUT2D eigenvalue weighted by molar-refractivity contribution is -0.143. The number of hydrogen-bond donors (Lipinski definition) is 1. The zero-order valence-corrected chi connectivity index (χ0v) is 9.27. The number of benzene rings is 1. The van der Waals surface area contributed by atoms with Gasteiger partial charge in [0.05, 0.1) is 19.6 Å². The number of carbonyl (C=O) groups excluding carboxylic acids is 1. The number of hydrogen-bond acceptors (Lipinski definition) is 3. The van der Waals surface area contributed by atoms with Crippen LogP contribution in [0, 0.1) is 6.92 Å². The van der Waals surface area contributed by atoms with E-state index in [-0.39, 0.29) is 19.0 Å². The van der Waals surface area contributed by atoms with Crippen molar-refractivity contribution in [3.8, 4) is 0 Å². The molecule has 15 heavy (non-hydrogen) atoms. The van der Waals surface area contributed by atoms with E-state index in [1.807, 2.05) is 18.2 Å². The summed E-state index contributed by atoms with van der Waals surface area (Å²) in [5.41, 5.74) is 1.32. The summed E-state index contributed by atoms with van der Waals surface area (Å²) in [5.74, 6) is -0.338. The van der Waals surface area contributed by atoms with E-state index in [0.717, 1.165) is 0 Å². The predicted molar refractivity (Wildman–Crippen MR) is 59.5 cm³/mol. The number of esters is 1. The average Bonchev–Trinajstić information content (AvgIpc) is 2.20. The first-order chi connectivity index (χ1) is 7.20. The van der Waals surface area contributed by atoms with E-state index >= 15 is 0 Å². The first-order valence-electron chi connectivity index (χ1n) is 4.98. The number of aliphatic hydroxyl groups is 1. The van der Waals surface area contributed by atoms with E-state index in [9.17, 15) is 4.79 Å². The minimum Gasteiger partial charge on any atom is -0.466 e. The summed E-state index contributed by atoms with van der Waals surface area (Å²) in [4.78, 5) is 10.3. The van der Waals surface area contributed by atoms with Gasteiger partial charge in [0.1, 0.15) is 0 Å². The van der Waals surface area contributed by atoms with Crippen molar-refractivity contribution in [3.63, 3.8) is 0 Å². The highest BCUT2D eigenvalue weighted by atomic mass is 16.5. The molecule has 1 aromatic rings. The van der Waals surface area contributed by atoms with E-state index in [1.54, 1.807) is 6.92 Å². The van der Waals surface area contributed by atoms with Crippen LogP contribution < -0.4 is 0 Å². The van der Waals surface area contributed by atoms with Crippen molar-refractivity contribution in [2.75, 3.05) is 13.2 Å². The summed E-state index contributed by atoms with van der Waals surface area (Å²) in [6, 6.07) is 10.3. The van der Waals surface area contributed by atoms with Gasteiger partial charge in [-0.05, 0) is 13.8 Å². The molecule has 0 radical (unpaired) electrons. The van der Waals surface area contributed by atoms with Crippen LogP contribution in [0.2, 0.25) is 0 Å². The van der Waals surface area contributed by atoms with Crippen molar-refractivity contribution in [2.24, 2.45) is 0 Å². The Morgan fingerprint density at radius 3 is 2.27 bits per heavy atom. The van der Waals surface area contributed by atoms with Crippen molar-refractivity contribution in [3.05, 3.63) is 35.9 Å². The second-order valence-electron chi connectivity index (χ2n) is 2.93. The van der Waals surface area contributed by atoms with Gasteiger partial charge < -0.3 is 9.84 Å². The third-order valence-corrected chi connectivity index (χ3v) is 1.56. The highest BCUT2D eigenvalue weighted by molar-refractivity contribution is 5.69. The van der Waals surface area contributed by atoms with Crippen LogP contribution in [0.15, 0.2) is 30.3 Å². The van der Waals surface area contributed by atoms with Crippen LogP contribution in [0.1, 0.15) is 18.9 Å². The molecule has 1 rings (SSSR count). The van der Waals surface area contributed by atoms with Crippen LogP contribution in [-0.2, 0) is 9.53 Å².